The number of rotatable bonds is 9. The Hall–Kier alpha value is -1.55. The molecule has 0 radical (unpaired) electrons. The van der Waals surface area contributed by atoms with Crippen LogP contribution < -0.4 is 15.4 Å². The first kappa shape index (κ1) is 24.5. The summed E-state index contributed by atoms with van der Waals surface area (Å²) in [5, 5.41) is 6.73. The summed E-state index contributed by atoms with van der Waals surface area (Å²) in [5.41, 5.74) is 1.21. The number of ether oxygens (including phenoxy) is 2. The molecule has 1 aromatic rings. The Balaban J connectivity index is 0.00000392. The molecule has 8 heteroatoms. The predicted octanol–water partition coefficient (Wildman–Crippen LogP) is 2.22. The van der Waals surface area contributed by atoms with Crippen molar-refractivity contribution in [1.82, 2.24) is 15.5 Å². The van der Waals surface area contributed by atoms with Crippen LogP contribution in [0.5, 0.6) is 5.75 Å². The molecule has 0 bridgehead atoms. The Labute approximate surface area is 185 Å². The van der Waals surface area contributed by atoms with Gasteiger partial charge in [0.25, 0.3) is 0 Å². The van der Waals surface area contributed by atoms with E-state index in [1.54, 1.807) is 19.0 Å². The zero-order chi connectivity index (χ0) is 19.6. The van der Waals surface area contributed by atoms with Crippen molar-refractivity contribution in [3.63, 3.8) is 0 Å². The highest BCUT2D eigenvalue weighted by atomic mass is 127. The number of para-hydroxylation sites is 1. The molecule has 0 aromatic heterocycles. The fourth-order valence-electron chi connectivity index (χ4n) is 2.88. The van der Waals surface area contributed by atoms with Crippen LogP contribution in [0.25, 0.3) is 0 Å². The molecule has 1 heterocycles. The van der Waals surface area contributed by atoms with Gasteiger partial charge in [0.05, 0.1) is 6.61 Å². The number of carbonyl (C=O) groups is 1. The second-order valence-corrected chi connectivity index (χ2v) is 6.82. The normalized spacial score (nSPS) is 16.4. The Bertz CT molecular complexity index is 640. The molecule has 1 amide bonds. The van der Waals surface area contributed by atoms with E-state index in [1.165, 1.54) is 5.56 Å². The summed E-state index contributed by atoms with van der Waals surface area (Å²) in [6, 6.07) is 8.23. The van der Waals surface area contributed by atoms with E-state index < -0.39 is 0 Å². The molecule has 7 nitrogen and oxygen atoms in total. The average Bonchev–Trinajstić information content (AvgIpc) is 3.09. The average molecular weight is 504 g/mol. The van der Waals surface area contributed by atoms with Crippen molar-refractivity contribution in [2.45, 2.75) is 32.2 Å². The molecule has 0 aliphatic carbocycles. The molecular formula is C20H33IN4O3. The lowest BCUT2D eigenvalue weighted by molar-refractivity contribution is -0.127. The van der Waals surface area contributed by atoms with E-state index in [0.717, 1.165) is 18.7 Å². The van der Waals surface area contributed by atoms with Crippen LogP contribution in [-0.2, 0) is 9.53 Å². The zero-order valence-electron chi connectivity index (χ0n) is 17.2. The van der Waals surface area contributed by atoms with E-state index in [9.17, 15) is 4.79 Å². The SMILES string of the molecule is CCOCCCNC(=NCC(=O)N(C)C)NC(C)C1COc2ccccc21.I. The second kappa shape index (κ2) is 12.8. The highest BCUT2D eigenvalue weighted by Crippen LogP contribution is 2.35. The molecule has 1 aromatic carbocycles. The van der Waals surface area contributed by atoms with E-state index in [1.807, 2.05) is 25.1 Å². The van der Waals surface area contributed by atoms with Crippen molar-refractivity contribution in [3.05, 3.63) is 29.8 Å². The third kappa shape index (κ3) is 7.46. The number of carbonyl (C=O) groups excluding carboxylic acids is 1. The smallest absolute Gasteiger partial charge is 0.243 e. The number of amides is 1. The maximum atomic E-state index is 11.9. The van der Waals surface area contributed by atoms with Gasteiger partial charge in [-0.25, -0.2) is 4.99 Å². The highest BCUT2D eigenvalue weighted by Gasteiger charge is 2.29. The van der Waals surface area contributed by atoms with Gasteiger partial charge < -0.3 is 25.0 Å². The molecule has 2 atom stereocenters. The minimum Gasteiger partial charge on any atom is -0.493 e. The largest absolute Gasteiger partial charge is 0.493 e. The number of likely N-dealkylation sites (N-methyl/N-ethyl adjacent to an activating group) is 1. The Morgan fingerprint density at radius 2 is 2.14 bits per heavy atom. The first-order valence-corrected chi connectivity index (χ1v) is 9.57. The zero-order valence-corrected chi connectivity index (χ0v) is 19.6. The van der Waals surface area contributed by atoms with Gasteiger partial charge in [-0.15, -0.1) is 24.0 Å². The minimum atomic E-state index is -0.0346. The summed E-state index contributed by atoms with van der Waals surface area (Å²) >= 11 is 0. The summed E-state index contributed by atoms with van der Waals surface area (Å²) in [5.74, 6) is 1.79. The van der Waals surface area contributed by atoms with Gasteiger partial charge in [-0.05, 0) is 26.3 Å². The van der Waals surface area contributed by atoms with Crippen LogP contribution >= 0.6 is 24.0 Å². The van der Waals surface area contributed by atoms with Crippen LogP contribution in [0.4, 0.5) is 0 Å². The molecule has 2 unspecified atom stereocenters. The van der Waals surface area contributed by atoms with Crippen molar-refractivity contribution < 1.29 is 14.3 Å². The third-order valence-corrected chi connectivity index (χ3v) is 4.54. The summed E-state index contributed by atoms with van der Waals surface area (Å²) < 4.78 is 11.2. The van der Waals surface area contributed by atoms with Gasteiger partial charge in [0, 0.05) is 51.4 Å². The molecule has 0 saturated heterocycles. The maximum absolute atomic E-state index is 11.9. The van der Waals surface area contributed by atoms with Crippen molar-refractivity contribution in [2.24, 2.45) is 4.99 Å². The summed E-state index contributed by atoms with van der Waals surface area (Å²) in [6.45, 7) is 6.99. The van der Waals surface area contributed by atoms with Gasteiger partial charge in [-0.2, -0.15) is 0 Å². The summed E-state index contributed by atoms with van der Waals surface area (Å²) in [4.78, 5) is 17.9. The Kier molecular flexibility index (Phi) is 11.2. The highest BCUT2D eigenvalue weighted by molar-refractivity contribution is 14.0. The van der Waals surface area contributed by atoms with Crippen LogP contribution in [0, 0.1) is 0 Å². The van der Waals surface area contributed by atoms with Gasteiger partial charge in [0.15, 0.2) is 5.96 Å². The molecule has 0 spiro atoms. The molecule has 1 aliphatic rings. The Morgan fingerprint density at radius 1 is 1.39 bits per heavy atom. The number of guanidine groups is 1. The van der Waals surface area contributed by atoms with Crippen molar-refractivity contribution >= 4 is 35.8 Å². The number of nitrogens with one attached hydrogen (secondary N) is 2. The van der Waals surface area contributed by atoms with Gasteiger partial charge >= 0.3 is 0 Å². The summed E-state index contributed by atoms with van der Waals surface area (Å²) in [6.07, 6.45) is 0.875. The van der Waals surface area contributed by atoms with E-state index >= 15 is 0 Å². The van der Waals surface area contributed by atoms with Crippen LogP contribution in [0.1, 0.15) is 31.7 Å². The molecule has 158 valence electrons. The quantitative estimate of drug-likeness (QED) is 0.234. The van der Waals surface area contributed by atoms with Gasteiger partial charge in [0.1, 0.15) is 12.3 Å². The molecular weight excluding hydrogens is 471 g/mol. The molecule has 28 heavy (non-hydrogen) atoms. The van der Waals surface area contributed by atoms with E-state index in [4.69, 9.17) is 9.47 Å². The molecule has 1 aliphatic heterocycles. The van der Waals surface area contributed by atoms with Crippen LogP contribution in [0.15, 0.2) is 29.3 Å². The fraction of sp³-hybridized carbons (Fsp3) is 0.600. The topological polar surface area (TPSA) is 75.2 Å². The first-order chi connectivity index (χ1) is 13.0. The first-order valence-electron chi connectivity index (χ1n) is 9.57. The number of benzene rings is 1. The standard InChI is InChI=1S/C20H32N4O3.HI/c1-5-26-12-8-11-21-20(22-13-19(25)24(3)4)23-15(2)17-14-27-18-10-7-6-9-16(17)18;/h6-7,9-10,15,17H,5,8,11-14H2,1-4H3,(H2,21,22,23);1H. The van der Waals surface area contributed by atoms with Crippen molar-refractivity contribution in [3.8, 4) is 5.75 Å². The second-order valence-electron chi connectivity index (χ2n) is 6.82. The fourth-order valence-corrected chi connectivity index (χ4v) is 2.88. The minimum absolute atomic E-state index is 0. The van der Waals surface area contributed by atoms with E-state index in [0.29, 0.717) is 25.8 Å². The number of fused-ring (bicyclic) bond motifs is 1. The summed E-state index contributed by atoms with van der Waals surface area (Å²) in [7, 11) is 3.46. The number of nitrogens with zero attached hydrogens (tertiary/aromatic N) is 2. The monoisotopic (exact) mass is 504 g/mol. The number of halogens is 1. The number of hydrogen-bond donors (Lipinski definition) is 2. The predicted molar refractivity (Wildman–Crippen MR) is 123 cm³/mol. The van der Waals surface area contributed by atoms with Crippen molar-refractivity contribution in [2.75, 3.05) is 47.0 Å². The number of hydrogen-bond acceptors (Lipinski definition) is 4. The van der Waals surface area contributed by atoms with E-state index in [2.05, 4.69) is 28.6 Å². The van der Waals surface area contributed by atoms with Crippen LogP contribution in [0.3, 0.4) is 0 Å². The number of aliphatic imine (C=N–C) groups is 1. The lowest BCUT2D eigenvalue weighted by Gasteiger charge is -2.23. The molecule has 2 rings (SSSR count). The Morgan fingerprint density at radius 3 is 2.86 bits per heavy atom. The third-order valence-electron chi connectivity index (χ3n) is 4.54. The van der Waals surface area contributed by atoms with E-state index in [-0.39, 0.29) is 48.4 Å². The lowest BCUT2D eigenvalue weighted by atomic mass is 9.94. The lowest BCUT2D eigenvalue weighted by Crippen LogP contribution is -2.46. The van der Waals surface area contributed by atoms with Crippen LogP contribution in [-0.4, -0.2) is 69.8 Å². The van der Waals surface area contributed by atoms with Gasteiger partial charge in [-0.3, -0.25) is 4.79 Å². The van der Waals surface area contributed by atoms with Crippen LogP contribution in [0.2, 0.25) is 0 Å². The molecule has 2 N–H and O–H groups in total. The van der Waals surface area contributed by atoms with Gasteiger partial charge in [0.2, 0.25) is 5.91 Å². The molecule has 0 saturated carbocycles. The van der Waals surface area contributed by atoms with Gasteiger partial charge in [-0.1, -0.05) is 18.2 Å². The van der Waals surface area contributed by atoms with Crippen molar-refractivity contribution in [1.29, 1.82) is 0 Å². The maximum Gasteiger partial charge on any atom is 0.243 e. The molecule has 0 fully saturated rings.